The molecule has 0 N–H and O–H groups in total. The Hall–Kier alpha value is -2.89. The average molecular weight is 433 g/mol. The fourth-order valence-electron chi connectivity index (χ4n) is 2.44. The van der Waals surface area contributed by atoms with Crippen molar-refractivity contribution < 1.29 is 23.7 Å². The number of methoxy groups -OCH3 is 1. The molecule has 1 unspecified atom stereocenters. The number of esters is 1. The standard InChI is InChI=1S/C22H18Cl2O5/c1-26-22(25)21(29-20-12-6-17(24)7-13-20)15-2-8-18(9-3-15)27-14-28-19-10-4-16(23)5-11-19/h2-13,21H,14H2,1H3. The molecule has 0 aromatic heterocycles. The van der Waals surface area contributed by atoms with Gasteiger partial charge in [0.25, 0.3) is 0 Å². The maximum atomic E-state index is 12.2. The van der Waals surface area contributed by atoms with Crippen molar-refractivity contribution in [3.05, 3.63) is 88.4 Å². The van der Waals surface area contributed by atoms with Crippen molar-refractivity contribution in [3.63, 3.8) is 0 Å². The van der Waals surface area contributed by atoms with E-state index in [0.717, 1.165) is 0 Å². The lowest BCUT2D eigenvalue weighted by molar-refractivity contribution is -0.149. The molecule has 0 bridgehead atoms. The lowest BCUT2D eigenvalue weighted by Crippen LogP contribution is -2.20. The molecule has 7 heteroatoms. The number of carbonyl (C=O) groups is 1. The van der Waals surface area contributed by atoms with Gasteiger partial charge in [-0.25, -0.2) is 4.79 Å². The van der Waals surface area contributed by atoms with E-state index in [1.807, 2.05) is 0 Å². The summed E-state index contributed by atoms with van der Waals surface area (Å²) in [6.07, 6.45) is -0.916. The molecule has 0 saturated heterocycles. The Labute approximate surface area is 178 Å². The zero-order valence-corrected chi connectivity index (χ0v) is 17.0. The highest BCUT2D eigenvalue weighted by molar-refractivity contribution is 6.30. The van der Waals surface area contributed by atoms with Gasteiger partial charge in [-0.15, -0.1) is 0 Å². The Morgan fingerprint density at radius 3 is 1.69 bits per heavy atom. The van der Waals surface area contributed by atoms with Gasteiger partial charge in [0, 0.05) is 15.6 Å². The third kappa shape index (κ3) is 6.04. The van der Waals surface area contributed by atoms with Crippen molar-refractivity contribution in [1.82, 2.24) is 0 Å². The zero-order chi connectivity index (χ0) is 20.6. The minimum atomic E-state index is -0.916. The first-order chi connectivity index (χ1) is 14.0. The highest BCUT2D eigenvalue weighted by Gasteiger charge is 2.23. The molecule has 1 atom stereocenters. The summed E-state index contributed by atoms with van der Waals surface area (Å²) >= 11 is 11.7. The molecule has 150 valence electrons. The molecule has 0 heterocycles. The van der Waals surface area contributed by atoms with Crippen LogP contribution in [-0.4, -0.2) is 19.9 Å². The van der Waals surface area contributed by atoms with Gasteiger partial charge in [0.2, 0.25) is 12.9 Å². The molecule has 0 amide bonds. The normalized spacial score (nSPS) is 11.4. The maximum Gasteiger partial charge on any atom is 0.351 e. The lowest BCUT2D eigenvalue weighted by atomic mass is 10.1. The SMILES string of the molecule is COC(=O)C(Oc1ccc(Cl)cc1)c1ccc(OCOc2ccc(Cl)cc2)cc1. The Bertz CT molecular complexity index is 925. The predicted molar refractivity (Wildman–Crippen MR) is 111 cm³/mol. The second-order valence-corrected chi connectivity index (χ2v) is 6.78. The molecule has 0 aliphatic heterocycles. The number of rotatable bonds is 8. The van der Waals surface area contributed by atoms with Crippen LogP contribution in [0.3, 0.4) is 0 Å². The number of carbonyl (C=O) groups excluding carboxylic acids is 1. The van der Waals surface area contributed by atoms with Crippen LogP contribution in [0.15, 0.2) is 72.8 Å². The van der Waals surface area contributed by atoms with Crippen LogP contribution in [-0.2, 0) is 9.53 Å². The van der Waals surface area contributed by atoms with Crippen LogP contribution in [0.4, 0.5) is 0 Å². The summed E-state index contributed by atoms with van der Waals surface area (Å²) in [6, 6.07) is 20.6. The molecule has 0 aliphatic carbocycles. The molecule has 5 nitrogen and oxygen atoms in total. The van der Waals surface area contributed by atoms with Gasteiger partial charge in [-0.1, -0.05) is 35.3 Å². The monoisotopic (exact) mass is 432 g/mol. The Morgan fingerprint density at radius 1 is 0.759 bits per heavy atom. The van der Waals surface area contributed by atoms with Crippen molar-refractivity contribution in [3.8, 4) is 17.2 Å². The quantitative estimate of drug-likeness (QED) is 0.337. The largest absolute Gasteiger partial charge is 0.474 e. The van der Waals surface area contributed by atoms with E-state index in [4.69, 9.17) is 42.1 Å². The summed E-state index contributed by atoms with van der Waals surface area (Å²) in [5, 5.41) is 1.21. The Balaban J connectivity index is 1.62. The van der Waals surface area contributed by atoms with Gasteiger partial charge in [-0.3, -0.25) is 0 Å². The molecule has 0 aliphatic rings. The number of ether oxygens (including phenoxy) is 4. The molecular formula is C22H18Cl2O5. The van der Waals surface area contributed by atoms with E-state index >= 15 is 0 Å². The van der Waals surface area contributed by atoms with Crippen LogP contribution in [0.2, 0.25) is 10.0 Å². The van der Waals surface area contributed by atoms with Crippen LogP contribution in [0.5, 0.6) is 17.2 Å². The van der Waals surface area contributed by atoms with Crippen LogP contribution in [0.25, 0.3) is 0 Å². The minimum Gasteiger partial charge on any atom is -0.474 e. The van der Waals surface area contributed by atoms with Crippen molar-refractivity contribution >= 4 is 29.2 Å². The van der Waals surface area contributed by atoms with E-state index in [1.165, 1.54) is 7.11 Å². The topological polar surface area (TPSA) is 54.0 Å². The zero-order valence-electron chi connectivity index (χ0n) is 15.5. The summed E-state index contributed by atoms with van der Waals surface area (Å²) in [6.45, 7) is 0.0304. The first-order valence-corrected chi connectivity index (χ1v) is 9.42. The van der Waals surface area contributed by atoms with Gasteiger partial charge in [-0.05, 0) is 60.7 Å². The van der Waals surface area contributed by atoms with Gasteiger partial charge < -0.3 is 18.9 Å². The van der Waals surface area contributed by atoms with E-state index in [-0.39, 0.29) is 6.79 Å². The van der Waals surface area contributed by atoms with Crippen LogP contribution < -0.4 is 14.2 Å². The van der Waals surface area contributed by atoms with Crippen LogP contribution in [0.1, 0.15) is 11.7 Å². The molecule has 3 aromatic rings. The number of hydrogen-bond acceptors (Lipinski definition) is 5. The molecule has 0 fully saturated rings. The van der Waals surface area contributed by atoms with Crippen molar-refractivity contribution in [2.24, 2.45) is 0 Å². The molecule has 0 saturated carbocycles. The fourth-order valence-corrected chi connectivity index (χ4v) is 2.70. The second-order valence-electron chi connectivity index (χ2n) is 5.90. The van der Waals surface area contributed by atoms with Crippen LogP contribution in [0, 0.1) is 0 Å². The number of hydrogen-bond donors (Lipinski definition) is 0. The van der Waals surface area contributed by atoms with Gasteiger partial charge in [0.1, 0.15) is 17.2 Å². The molecule has 3 rings (SSSR count). The number of benzene rings is 3. The van der Waals surface area contributed by atoms with Gasteiger partial charge in [-0.2, -0.15) is 0 Å². The molecular weight excluding hydrogens is 415 g/mol. The van der Waals surface area contributed by atoms with Gasteiger partial charge in [0.05, 0.1) is 7.11 Å². The molecule has 29 heavy (non-hydrogen) atoms. The van der Waals surface area contributed by atoms with Gasteiger partial charge in [0.15, 0.2) is 0 Å². The summed E-state index contributed by atoms with van der Waals surface area (Å²) in [7, 11) is 1.31. The lowest BCUT2D eigenvalue weighted by Gasteiger charge is -2.18. The van der Waals surface area contributed by atoms with Crippen molar-refractivity contribution in [2.45, 2.75) is 6.10 Å². The molecule has 0 spiro atoms. The average Bonchev–Trinajstić information content (AvgIpc) is 2.75. The van der Waals surface area contributed by atoms with Crippen molar-refractivity contribution in [1.29, 1.82) is 0 Å². The van der Waals surface area contributed by atoms with E-state index in [2.05, 4.69) is 0 Å². The van der Waals surface area contributed by atoms with Gasteiger partial charge >= 0.3 is 5.97 Å². The summed E-state index contributed by atoms with van der Waals surface area (Å²) in [4.78, 5) is 12.2. The smallest absolute Gasteiger partial charge is 0.351 e. The van der Waals surface area contributed by atoms with E-state index in [1.54, 1.807) is 72.8 Å². The second kappa shape index (κ2) is 10.0. The van der Waals surface area contributed by atoms with E-state index in [9.17, 15) is 4.79 Å². The highest BCUT2D eigenvalue weighted by atomic mass is 35.5. The highest BCUT2D eigenvalue weighted by Crippen LogP contribution is 2.26. The Kier molecular flexibility index (Phi) is 7.22. The summed E-state index contributed by atoms with van der Waals surface area (Å²) in [5.74, 6) is 1.21. The van der Waals surface area contributed by atoms with E-state index < -0.39 is 12.1 Å². The molecule has 0 radical (unpaired) electrons. The third-order valence-corrected chi connectivity index (χ3v) is 4.43. The maximum absolute atomic E-state index is 12.2. The molecule has 3 aromatic carbocycles. The summed E-state index contributed by atoms with van der Waals surface area (Å²) < 4.78 is 21.7. The summed E-state index contributed by atoms with van der Waals surface area (Å²) in [5.41, 5.74) is 0.623. The number of halogens is 2. The van der Waals surface area contributed by atoms with Crippen molar-refractivity contribution in [2.75, 3.05) is 13.9 Å². The first kappa shape index (κ1) is 20.8. The third-order valence-electron chi connectivity index (χ3n) is 3.93. The van der Waals surface area contributed by atoms with E-state index in [0.29, 0.717) is 32.9 Å². The van der Waals surface area contributed by atoms with Crippen LogP contribution >= 0.6 is 23.2 Å². The first-order valence-electron chi connectivity index (χ1n) is 8.66. The minimum absolute atomic E-state index is 0.0304. The fraction of sp³-hybridized carbons (Fsp3) is 0.136. The Morgan fingerprint density at radius 2 is 1.21 bits per heavy atom. The predicted octanol–water partition coefficient (Wildman–Crippen LogP) is 5.70.